The van der Waals surface area contributed by atoms with Crippen molar-refractivity contribution in [1.82, 2.24) is 10.2 Å². The number of nitrogen functional groups attached to an aromatic ring is 1. The Balaban J connectivity index is 1.65. The van der Waals surface area contributed by atoms with E-state index in [-0.39, 0.29) is 6.01 Å². The maximum atomic E-state index is 5.84. The van der Waals surface area contributed by atoms with Crippen LogP contribution in [0.4, 0.5) is 6.01 Å². The predicted molar refractivity (Wildman–Crippen MR) is 79.9 cm³/mol. The molecular formula is C15H12ClN3O2. The Kier molecular flexibility index (Phi) is 3.75. The summed E-state index contributed by atoms with van der Waals surface area (Å²) in [5.41, 5.74) is 7.23. The summed E-state index contributed by atoms with van der Waals surface area (Å²) in [6.07, 6.45) is 0. The number of nitrogens with zero attached hydrogens (tertiary/aromatic N) is 2. The van der Waals surface area contributed by atoms with Gasteiger partial charge in [0.05, 0.1) is 0 Å². The maximum absolute atomic E-state index is 5.84. The zero-order valence-electron chi connectivity index (χ0n) is 11.0. The number of anilines is 1. The number of ether oxygens (including phenoxy) is 1. The fourth-order valence-electron chi connectivity index (χ4n) is 1.79. The van der Waals surface area contributed by atoms with Crippen molar-refractivity contribution in [3.8, 4) is 17.2 Å². The fraction of sp³-hybridized carbons (Fsp3) is 0.0667. The van der Waals surface area contributed by atoms with E-state index in [0.29, 0.717) is 17.5 Å². The van der Waals surface area contributed by atoms with Gasteiger partial charge in [-0.15, -0.1) is 5.10 Å². The standard InChI is InChI=1S/C15H12ClN3O2/c16-12-5-1-10(2-6-12)9-20-13-7-3-11(4-8-13)14-18-19-15(17)21-14/h1-8H,9H2,(H2,17,19). The van der Waals surface area contributed by atoms with E-state index in [1.54, 1.807) is 0 Å². The van der Waals surface area contributed by atoms with Gasteiger partial charge in [0.15, 0.2) is 0 Å². The predicted octanol–water partition coefficient (Wildman–Crippen LogP) is 3.55. The molecule has 0 bridgehead atoms. The molecule has 0 saturated heterocycles. The van der Waals surface area contributed by atoms with Crippen LogP contribution in [0.2, 0.25) is 5.02 Å². The summed E-state index contributed by atoms with van der Waals surface area (Å²) in [4.78, 5) is 0. The molecule has 0 fully saturated rings. The molecule has 0 saturated carbocycles. The van der Waals surface area contributed by atoms with Crippen LogP contribution in [0.5, 0.6) is 5.75 Å². The first-order chi connectivity index (χ1) is 10.2. The first kappa shape index (κ1) is 13.5. The van der Waals surface area contributed by atoms with Crippen molar-refractivity contribution in [2.45, 2.75) is 6.61 Å². The van der Waals surface area contributed by atoms with Crippen molar-refractivity contribution in [3.05, 3.63) is 59.1 Å². The molecule has 1 heterocycles. The van der Waals surface area contributed by atoms with Crippen molar-refractivity contribution >= 4 is 17.6 Å². The minimum Gasteiger partial charge on any atom is -0.489 e. The summed E-state index contributed by atoms with van der Waals surface area (Å²) in [5, 5.41) is 8.15. The van der Waals surface area contributed by atoms with Gasteiger partial charge in [0.1, 0.15) is 12.4 Å². The molecule has 0 radical (unpaired) electrons. The highest BCUT2D eigenvalue weighted by molar-refractivity contribution is 6.30. The monoisotopic (exact) mass is 301 g/mol. The third-order valence-electron chi connectivity index (χ3n) is 2.86. The van der Waals surface area contributed by atoms with Gasteiger partial charge in [0.25, 0.3) is 0 Å². The van der Waals surface area contributed by atoms with Crippen LogP contribution in [0.1, 0.15) is 5.56 Å². The smallest absolute Gasteiger partial charge is 0.313 e. The summed E-state index contributed by atoms with van der Waals surface area (Å²) >= 11 is 5.84. The molecule has 0 spiro atoms. The molecule has 0 aliphatic rings. The van der Waals surface area contributed by atoms with Gasteiger partial charge >= 0.3 is 6.01 Å². The van der Waals surface area contributed by atoms with E-state index < -0.39 is 0 Å². The van der Waals surface area contributed by atoms with E-state index in [0.717, 1.165) is 16.9 Å². The van der Waals surface area contributed by atoms with Crippen molar-refractivity contribution in [2.24, 2.45) is 0 Å². The third-order valence-corrected chi connectivity index (χ3v) is 3.11. The fourth-order valence-corrected chi connectivity index (χ4v) is 1.92. The van der Waals surface area contributed by atoms with Gasteiger partial charge < -0.3 is 14.9 Å². The molecule has 3 aromatic rings. The molecular weight excluding hydrogens is 290 g/mol. The van der Waals surface area contributed by atoms with Gasteiger partial charge in [0.2, 0.25) is 5.89 Å². The number of hydrogen-bond donors (Lipinski definition) is 1. The molecule has 2 N–H and O–H groups in total. The van der Waals surface area contributed by atoms with Crippen LogP contribution >= 0.6 is 11.6 Å². The van der Waals surface area contributed by atoms with Gasteiger partial charge in [0, 0.05) is 10.6 Å². The van der Waals surface area contributed by atoms with E-state index in [9.17, 15) is 0 Å². The Labute approximate surface area is 126 Å². The second-order valence-electron chi connectivity index (χ2n) is 4.38. The summed E-state index contributed by atoms with van der Waals surface area (Å²) in [5.74, 6) is 1.14. The molecule has 0 aliphatic heterocycles. The zero-order chi connectivity index (χ0) is 14.7. The summed E-state index contributed by atoms with van der Waals surface area (Å²) in [6.45, 7) is 0.476. The van der Waals surface area contributed by atoms with E-state index in [2.05, 4.69) is 10.2 Å². The minimum atomic E-state index is 0.0491. The molecule has 1 aromatic heterocycles. The molecule has 2 aromatic carbocycles. The normalized spacial score (nSPS) is 10.5. The molecule has 21 heavy (non-hydrogen) atoms. The van der Waals surface area contributed by atoms with E-state index in [1.165, 1.54) is 0 Å². The second kappa shape index (κ2) is 5.85. The summed E-state index contributed by atoms with van der Waals surface area (Å²) in [6, 6.07) is 14.9. The quantitative estimate of drug-likeness (QED) is 0.797. The van der Waals surface area contributed by atoms with Crippen LogP contribution in [0.15, 0.2) is 52.9 Å². The summed E-state index contributed by atoms with van der Waals surface area (Å²) in [7, 11) is 0. The minimum absolute atomic E-state index is 0.0491. The van der Waals surface area contributed by atoms with Crippen molar-refractivity contribution in [2.75, 3.05) is 5.73 Å². The molecule has 0 unspecified atom stereocenters. The Morgan fingerprint density at radius 3 is 2.33 bits per heavy atom. The lowest BCUT2D eigenvalue weighted by Crippen LogP contribution is -1.94. The van der Waals surface area contributed by atoms with Crippen LogP contribution in [0.3, 0.4) is 0 Å². The maximum Gasteiger partial charge on any atom is 0.313 e. The summed E-state index contributed by atoms with van der Waals surface area (Å²) < 4.78 is 10.8. The average molecular weight is 302 g/mol. The first-order valence-electron chi connectivity index (χ1n) is 6.27. The van der Waals surface area contributed by atoms with Crippen molar-refractivity contribution in [3.63, 3.8) is 0 Å². The van der Waals surface area contributed by atoms with Gasteiger partial charge in [-0.3, -0.25) is 0 Å². The third kappa shape index (κ3) is 3.32. The number of benzene rings is 2. The lowest BCUT2D eigenvalue weighted by molar-refractivity contribution is 0.306. The number of rotatable bonds is 4. The SMILES string of the molecule is Nc1nnc(-c2ccc(OCc3ccc(Cl)cc3)cc2)o1. The highest BCUT2D eigenvalue weighted by Gasteiger charge is 2.06. The highest BCUT2D eigenvalue weighted by Crippen LogP contribution is 2.22. The molecule has 106 valence electrons. The van der Waals surface area contributed by atoms with Gasteiger partial charge in [-0.2, -0.15) is 0 Å². The highest BCUT2D eigenvalue weighted by atomic mass is 35.5. The average Bonchev–Trinajstić information content (AvgIpc) is 2.94. The molecule has 3 rings (SSSR count). The molecule has 6 heteroatoms. The molecule has 0 amide bonds. The van der Waals surface area contributed by atoms with E-state index in [4.69, 9.17) is 26.5 Å². The lowest BCUT2D eigenvalue weighted by atomic mass is 10.2. The lowest BCUT2D eigenvalue weighted by Gasteiger charge is -2.06. The van der Waals surface area contributed by atoms with Crippen LogP contribution < -0.4 is 10.5 Å². The van der Waals surface area contributed by atoms with Gasteiger partial charge in [-0.1, -0.05) is 28.8 Å². The van der Waals surface area contributed by atoms with E-state index in [1.807, 2.05) is 48.5 Å². The Morgan fingerprint density at radius 1 is 1.00 bits per heavy atom. The van der Waals surface area contributed by atoms with Crippen LogP contribution in [0.25, 0.3) is 11.5 Å². The number of halogens is 1. The van der Waals surface area contributed by atoms with Crippen molar-refractivity contribution in [1.29, 1.82) is 0 Å². The number of aromatic nitrogens is 2. The molecule has 0 atom stereocenters. The zero-order valence-corrected chi connectivity index (χ0v) is 11.7. The van der Waals surface area contributed by atoms with Crippen LogP contribution in [-0.4, -0.2) is 10.2 Å². The Hall–Kier alpha value is -2.53. The first-order valence-corrected chi connectivity index (χ1v) is 6.65. The topological polar surface area (TPSA) is 74.2 Å². The van der Waals surface area contributed by atoms with Gasteiger partial charge in [-0.25, -0.2) is 0 Å². The number of hydrogen-bond acceptors (Lipinski definition) is 5. The molecule has 5 nitrogen and oxygen atoms in total. The Bertz CT molecular complexity index is 723. The Morgan fingerprint density at radius 2 is 1.71 bits per heavy atom. The van der Waals surface area contributed by atoms with Crippen molar-refractivity contribution < 1.29 is 9.15 Å². The second-order valence-corrected chi connectivity index (χ2v) is 4.82. The largest absolute Gasteiger partial charge is 0.489 e. The van der Waals surface area contributed by atoms with Crippen LogP contribution in [0, 0.1) is 0 Å². The molecule has 0 aliphatic carbocycles. The van der Waals surface area contributed by atoms with Crippen LogP contribution in [-0.2, 0) is 6.61 Å². The number of nitrogens with two attached hydrogens (primary N) is 1. The van der Waals surface area contributed by atoms with Gasteiger partial charge in [-0.05, 0) is 42.0 Å². The van der Waals surface area contributed by atoms with E-state index >= 15 is 0 Å².